The quantitative estimate of drug-likeness (QED) is 0.507. The van der Waals surface area contributed by atoms with Crippen molar-refractivity contribution in [3.8, 4) is 17.0 Å². The average Bonchev–Trinajstić information content (AvgIpc) is 3.09. The molecule has 1 N–H and O–H groups in total. The largest absolute Gasteiger partial charge is 0.483 e. The number of carbonyl (C=O) groups is 1. The first-order valence-corrected chi connectivity index (χ1v) is 10.5. The summed E-state index contributed by atoms with van der Waals surface area (Å²) in [7, 11) is 0. The van der Waals surface area contributed by atoms with Crippen LogP contribution >= 0.6 is 27.3 Å². The van der Waals surface area contributed by atoms with Crippen molar-refractivity contribution in [2.24, 2.45) is 0 Å². The molecular formula is C21H21BrN2O2S. The van der Waals surface area contributed by atoms with Crippen LogP contribution < -0.4 is 10.1 Å². The van der Waals surface area contributed by atoms with Crippen LogP contribution in [0.3, 0.4) is 0 Å². The van der Waals surface area contributed by atoms with Gasteiger partial charge in [-0.1, -0.05) is 60.1 Å². The smallest absolute Gasteiger partial charge is 0.264 e. The maximum Gasteiger partial charge on any atom is 0.264 e. The lowest BCUT2D eigenvalue weighted by molar-refractivity contribution is -0.118. The second-order valence-corrected chi connectivity index (χ2v) is 7.95. The van der Waals surface area contributed by atoms with Gasteiger partial charge in [0.05, 0.1) is 5.69 Å². The molecule has 2 aromatic carbocycles. The number of hydrogen-bond donors (Lipinski definition) is 1. The highest BCUT2D eigenvalue weighted by Crippen LogP contribution is 2.32. The SMILES string of the molecule is CCc1ccccc1OCC(=O)Nc1nc(-c2ccc(Br)cc2)c(CC)s1. The molecule has 1 heterocycles. The van der Waals surface area contributed by atoms with E-state index < -0.39 is 0 Å². The lowest BCUT2D eigenvalue weighted by Crippen LogP contribution is -2.20. The third-order valence-electron chi connectivity index (χ3n) is 4.09. The highest BCUT2D eigenvalue weighted by atomic mass is 79.9. The Morgan fingerprint density at radius 1 is 1.11 bits per heavy atom. The lowest BCUT2D eigenvalue weighted by Gasteiger charge is -2.09. The highest BCUT2D eigenvalue weighted by Gasteiger charge is 2.14. The Bertz CT molecular complexity index is 922. The molecule has 0 spiro atoms. The van der Waals surface area contributed by atoms with E-state index in [9.17, 15) is 4.79 Å². The summed E-state index contributed by atoms with van der Waals surface area (Å²) < 4.78 is 6.71. The summed E-state index contributed by atoms with van der Waals surface area (Å²) in [5.74, 6) is 0.541. The van der Waals surface area contributed by atoms with Crippen LogP contribution in [-0.4, -0.2) is 17.5 Å². The summed E-state index contributed by atoms with van der Waals surface area (Å²) in [6.07, 6.45) is 1.72. The normalized spacial score (nSPS) is 10.6. The first-order valence-electron chi connectivity index (χ1n) is 8.86. The fraction of sp³-hybridized carbons (Fsp3) is 0.238. The summed E-state index contributed by atoms with van der Waals surface area (Å²) in [5, 5.41) is 3.46. The molecule has 0 aliphatic heterocycles. The Morgan fingerprint density at radius 2 is 1.85 bits per heavy atom. The molecule has 0 aliphatic rings. The Labute approximate surface area is 171 Å². The molecule has 4 nitrogen and oxygen atoms in total. The van der Waals surface area contributed by atoms with Crippen molar-refractivity contribution < 1.29 is 9.53 Å². The van der Waals surface area contributed by atoms with Gasteiger partial charge >= 0.3 is 0 Å². The molecule has 1 amide bonds. The zero-order chi connectivity index (χ0) is 19.2. The second-order valence-electron chi connectivity index (χ2n) is 5.95. The van der Waals surface area contributed by atoms with Crippen LogP contribution in [0.5, 0.6) is 5.75 Å². The standard InChI is InChI=1S/C21H21BrN2O2S/c1-3-14-7-5-6-8-17(14)26-13-19(25)23-21-24-20(18(4-2)27-21)15-9-11-16(22)12-10-15/h5-12H,3-4,13H2,1-2H3,(H,23,24,25). The first-order chi connectivity index (χ1) is 13.1. The monoisotopic (exact) mass is 444 g/mol. The molecule has 140 valence electrons. The van der Waals surface area contributed by atoms with E-state index in [0.29, 0.717) is 5.13 Å². The van der Waals surface area contributed by atoms with Crippen LogP contribution in [0.25, 0.3) is 11.3 Å². The van der Waals surface area contributed by atoms with Gasteiger partial charge < -0.3 is 4.74 Å². The molecule has 0 saturated heterocycles. The van der Waals surface area contributed by atoms with Gasteiger partial charge in [0.25, 0.3) is 5.91 Å². The van der Waals surface area contributed by atoms with E-state index in [1.54, 1.807) is 0 Å². The van der Waals surface area contributed by atoms with Gasteiger partial charge in [-0.05, 0) is 36.6 Å². The van der Waals surface area contributed by atoms with Gasteiger partial charge in [0.2, 0.25) is 0 Å². The van der Waals surface area contributed by atoms with Crippen molar-refractivity contribution in [1.29, 1.82) is 0 Å². The molecular weight excluding hydrogens is 424 g/mol. The zero-order valence-electron chi connectivity index (χ0n) is 15.3. The van der Waals surface area contributed by atoms with Crippen LogP contribution in [0.2, 0.25) is 0 Å². The van der Waals surface area contributed by atoms with E-state index >= 15 is 0 Å². The molecule has 0 saturated carbocycles. The summed E-state index contributed by atoms with van der Waals surface area (Å²) in [6, 6.07) is 15.8. The number of rotatable bonds is 7. The number of halogens is 1. The Balaban J connectivity index is 1.68. The van der Waals surface area contributed by atoms with E-state index in [-0.39, 0.29) is 12.5 Å². The number of ether oxygens (including phenoxy) is 1. The number of benzene rings is 2. The van der Waals surface area contributed by atoms with Crippen molar-refractivity contribution >= 4 is 38.3 Å². The molecule has 3 rings (SSSR count). The number of thiazole rings is 1. The molecule has 0 atom stereocenters. The van der Waals surface area contributed by atoms with Crippen molar-refractivity contribution in [3.05, 3.63) is 63.4 Å². The summed E-state index contributed by atoms with van der Waals surface area (Å²) in [4.78, 5) is 18.1. The van der Waals surface area contributed by atoms with Crippen molar-refractivity contribution in [1.82, 2.24) is 4.98 Å². The molecule has 0 bridgehead atoms. The molecule has 6 heteroatoms. The molecule has 0 fully saturated rings. The summed E-state index contributed by atoms with van der Waals surface area (Å²) in [5.41, 5.74) is 3.05. The number of nitrogens with zero attached hydrogens (tertiary/aromatic N) is 1. The number of amides is 1. The van der Waals surface area contributed by atoms with Gasteiger partial charge in [0.15, 0.2) is 11.7 Å². The van der Waals surface area contributed by atoms with Crippen LogP contribution in [0.4, 0.5) is 5.13 Å². The van der Waals surface area contributed by atoms with E-state index in [0.717, 1.165) is 44.8 Å². The minimum absolute atomic E-state index is 0.0360. The molecule has 0 unspecified atom stereocenters. The van der Waals surface area contributed by atoms with Crippen molar-refractivity contribution in [3.63, 3.8) is 0 Å². The number of nitrogens with one attached hydrogen (secondary N) is 1. The Hall–Kier alpha value is -2.18. The van der Waals surface area contributed by atoms with Gasteiger partial charge in [0, 0.05) is 14.9 Å². The number of carbonyl (C=O) groups excluding carboxylic acids is 1. The van der Waals surface area contributed by atoms with Crippen LogP contribution in [0.1, 0.15) is 24.3 Å². The Morgan fingerprint density at radius 3 is 2.56 bits per heavy atom. The third-order valence-corrected chi connectivity index (χ3v) is 5.74. The predicted octanol–water partition coefficient (Wildman–Crippen LogP) is 5.71. The number of aryl methyl sites for hydroxylation is 2. The van der Waals surface area contributed by atoms with E-state index in [1.807, 2.05) is 48.5 Å². The number of anilines is 1. The molecule has 1 aromatic heterocycles. The van der Waals surface area contributed by atoms with Gasteiger partial charge in [-0.2, -0.15) is 0 Å². The van der Waals surface area contributed by atoms with Gasteiger partial charge in [0.1, 0.15) is 5.75 Å². The minimum Gasteiger partial charge on any atom is -0.483 e. The minimum atomic E-state index is -0.209. The number of para-hydroxylation sites is 1. The maximum absolute atomic E-state index is 12.3. The van der Waals surface area contributed by atoms with Crippen LogP contribution in [-0.2, 0) is 17.6 Å². The predicted molar refractivity (Wildman–Crippen MR) is 115 cm³/mol. The maximum atomic E-state index is 12.3. The van der Waals surface area contributed by atoms with Crippen LogP contribution in [0, 0.1) is 0 Å². The van der Waals surface area contributed by atoms with Gasteiger partial charge in [-0.15, -0.1) is 11.3 Å². The number of aromatic nitrogens is 1. The van der Waals surface area contributed by atoms with Gasteiger partial charge in [-0.3, -0.25) is 10.1 Å². The van der Waals surface area contributed by atoms with Gasteiger partial charge in [-0.25, -0.2) is 4.98 Å². The van der Waals surface area contributed by atoms with E-state index in [1.165, 1.54) is 11.3 Å². The third kappa shape index (κ3) is 4.96. The van der Waals surface area contributed by atoms with Crippen molar-refractivity contribution in [2.75, 3.05) is 11.9 Å². The molecule has 0 radical (unpaired) electrons. The molecule has 3 aromatic rings. The fourth-order valence-corrected chi connectivity index (χ4v) is 3.92. The first kappa shape index (κ1) is 19.6. The highest BCUT2D eigenvalue weighted by molar-refractivity contribution is 9.10. The second kappa shape index (κ2) is 9.15. The summed E-state index contributed by atoms with van der Waals surface area (Å²) >= 11 is 4.96. The van der Waals surface area contributed by atoms with Crippen LogP contribution in [0.15, 0.2) is 53.0 Å². The molecule has 27 heavy (non-hydrogen) atoms. The molecule has 0 aliphatic carbocycles. The van der Waals surface area contributed by atoms with E-state index in [2.05, 4.69) is 40.1 Å². The lowest BCUT2D eigenvalue weighted by atomic mass is 10.1. The fourth-order valence-electron chi connectivity index (χ4n) is 2.71. The zero-order valence-corrected chi connectivity index (χ0v) is 17.7. The van der Waals surface area contributed by atoms with E-state index in [4.69, 9.17) is 4.74 Å². The number of hydrogen-bond acceptors (Lipinski definition) is 4. The Kier molecular flexibility index (Phi) is 6.63. The topological polar surface area (TPSA) is 51.2 Å². The van der Waals surface area contributed by atoms with Crippen molar-refractivity contribution in [2.45, 2.75) is 26.7 Å². The summed E-state index contributed by atoms with van der Waals surface area (Å²) in [6.45, 7) is 4.12. The average molecular weight is 445 g/mol.